The molecule has 0 heterocycles. The van der Waals surface area contributed by atoms with Gasteiger partial charge >= 0.3 is 0 Å². The minimum absolute atomic E-state index is 0.0111. The SMILES string of the molecule is CC/C=C\C/C=C\C/C=C\C/C=C\C/C=C\C/C=C\C/C=C\C/C=C\C/C=C\CCCCCCCCCCCCCCCC(=O)NC(COP(=O)([O-])OCC[N+](C)(C)C)C(O)/C=C/CC/C=C/CCCCCCCCCCCCCCCCCCCCCCC. The van der Waals surface area contributed by atoms with Gasteiger partial charge in [-0.15, -0.1) is 0 Å². The molecule has 8 nitrogen and oxygen atoms in total. The fraction of sp³-hybridized carbons (Fsp3) is 0.716. The highest BCUT2D eigenvalue weighted by Gasteiger charge is 2.23. The first-order valence-corrected chi connectivity index (χ1v) is 39.0. The molecule has 0 rings (SSSR count). The monoisotopic (exact) mass is 1270 g/mol. The molecule has 2 N–H and O–H groups in total. The molecular formula is C81H143N2O6P. The van der Waals surface area contributed by atoms with Crippen LogP contribution in [0.2, 0.25) is 0 Å². The Labute approximate surface area is 557 Å². The number of aliphatic hydroxyl groups is 1. The minimum Gasteiger partial charge on any atom is -0.756 e. The first-order chi connectivity index (χ1) is 44.0. The van der Waals surface area contributed by atoms with E-state index in [4.69, 9.17) is 9.05 Å². The van der Waals surface area contributed by atoms with E-state index in [1.54, 1.807) is 6.08 Å². The summed E-state index contributed by atoms with van der Waals surface area (Å²) in [6.07, 6.45) is 106. The number of likely N-dealkylation sites (N-methyl/N-ethyl adjacent to an activating group) is 1. The largest absolute Gasteiger partial charge is 0.756 e. The number of nitrogens with zero attached hydrogens (tertiary/aromatic N) is 1. The van der Waals surface area contributed by atoms with E-state index in [2.05, 4.69) is 141 Å². The summed E-state index contributed by atoms with van der Waals surface area (Å²) in [6, 6.07) is -0.914. The van der Waals surface area contributed by atoms with Crippen LogP contribution in [0.25, 0.3) is 0 Å². The number of quaternary nitrogens is 1. The van der Waals surface area contributed by atoms with Crippen molar-refractivity contribution in [3.63, 3.8) is 0 Å². The minimum atomic E-state index is -4.62. The smallest absolute Gasteiger partial charge is 0.268 e. The first kappa shape index (κ1) is 86.6. The van der Waals surface area contributed by atoms with Gasteiger partial charge in [0.05, 0.1) is 39.9 Å². The average Bonchev–Trinajstić information content (AvgIpc) is 3.09. The standard InChI is InChI=1S/C81H143N2O6P/c1-6-8-10-12-14-16-18-20-22-24-26-28-30-32-34-35-36-37-38-39-40-41-42-43-44-45-46-47-49-51-53-55-57-59-61-63-65-67-69-71-73-75-81(85)82-79(78-89-90(86,87)88-77-76-83(3,4)5)80(84)74-72-70-68-66-64-62-60-58-56-54-52-50-48-33-31-29-27-25-23-21-19-17-15-13-11-9-7-2/h8,10,14,16,20,22,26,28,32,34,36-37,39-40,42-43,45-46,64,66,72,74,79-80,84H,6-7,9,11-13,15,17-19,21,23-25,27,29-31,33,35,38,41,44,47-63,65,67-71,73,75-78H2,1-5H3,(H-,82,85,86,87)/b10-8-,16-14-,22-20-,28-26-,34-32-,37-36-,40-39-,43-42-,46-45-,66-64+,74-72+. The van der Waals surface area contributed by atoms with E-state index < -0.39 is 26.6 Å². The fourth-order valence-corrected chi connectivity index (χ4v) is 11.3. The molecule has 3 unspecified atom stereocenters. The van der Waals surface area contributed by atoms with Crippen LogP contribution in [-0.4, -0.2) is 68.5 Å². The molecule has 0 aliphatic rings. The van der Waals surface area contributed by atoms with E-state index in [1.165, 1.54) is 205 Å². The van der Waals surface area contributed by atoms with E-state index >= 15 is 0 Å². The van der Waals surface area contributed by atoms with Crippen LogP contribution in [-0.2, 0) is 18.4 Å². The number of phosphoric ester groups is 1. The molecule has 1 amide bonds. The molecule has 9 heteroatoms. The number of rotatable bonds is 68. The van der Waals surface area contributed by atoms with Crippen molar-refractivity contribution >= 4 is 13.7 Å². The van der Waals surface area contributed by atoms with Gasteiger partial charge in [-0.2, -0.15) is 0 Å². The number of hydrogen-bond donors (Lipinski definition) is 2. The van der Waals surface area contributed by atoms with Gasteiger partial charge in [-0.1, -0.05) is 347 Å². The Morgan fingerprint density at radius 2 is 0.689 bits per heavy atom. The van der Waals surface area contributed by atoms with Crippen LogP contribution in [0.3, 0.4) is 0 Å². The molecular weight excluding hydrogens is 1130 g/mol. The third-order valence-electron chi connectivity index (χ3n) is 16.3. The molecule has 0 fully saturated rings. The van der Waals surface area contributed by atoms with Crippen LogP contribution in [0.15, 0.2) is 134 Å². The number of nitrogens with one attached hydrogen (secondary N) is 1. The maximum Gasteiger partial charge on any atom is 0.268 e. The molecule has 90 heavy (non-hydrogen) atoms. The topological polar surface area (TPSA) is 108 Å². The molecule has 0 aliphatic carbocycles. The summed E-state index contributed by atoms with van der Waals surface area (Å²) in [5.74, 6) is -0.210. The van der Waals surface area contributed by atoms with Crippen molar-refractivity contribution in [2.24, 2.45) is 0 Å². The third kappa shape index (κ3) is 72.1. The number of unbranched alkanes of at least 4 members (excludes halogenated alkanes) is 35. The van der Waals surface area contributed by atoms with Crippen molar-refractivity contribution in [3.8, 4) is 0 Å². The molecule has 0 aromatic carbocycles. The Hall–Kier alpha value is -3.36. The second-order valence-electron chi connectivity index (χ2n) is 26.3. The quantitative estimate of drug-likeness (QED) is 0.0272. The summed E-state index contributed by atoms with van der Waals surface area (Å²) in [5, 5.41) is 14.0. The zero-order valence-corrected chi connectivity index (χ0v) is 60.2. The molecule has 0 saturated heterocycles. The summed E-state index contributed by atoms with van der Waals surface area (Å²) in [5.41, 5.74) is 0. The number of phosphoric acid groups is 1. The molecule has 0 bridgehead atoms. The van der Waals surface area contributed by atoms with Gasteiger partial charge in [0.2, 0.25) is 5.91 Å². The van der Waals surface area contributed by atoms with Crippen molar-refractivity contribution in [1.82, 2.24) is 5.32 Å². The molecule has 0 aromatic rings. The van der Waals surface area contributed by atoms with Crippen LogP contribution in [0.1, 0.15) is 322 Å². The van der Waals surface area contributed by atoms with Gasteiger partial charge in [0.1, 0.15) is 13.2 Å². The van der Waals surface area contributed by atoms with Gasteiger partial charge in [-0.05, 0) is 103 Å². The van der Waals surface area contributed by atoms with Gasteiger partial charge in [0, 0.05) is 6.42 Å². The lowest BCUT2D eigenvalue weighted by Gasteiger charge is -2.29. The molecule has 0 aliphatic heterocycles. The second kappa shape index (κ2) is 70.0. The van der Waals surface area contributed by atoms with E-state index in [0.29, 0.717) is 17.4 Å². The van der Waals surface area contributed by atoms with E-state index in [9.17, 15) is 19.4 Å². The van der Waals surface area contributed by atoms with Gasteiger partial charge in [-0.25, -0.2) is 0 Å². The molecule has 0 saturated carbocycles. The van der Waals surface area contributed by atoms with Crippen molar-refractivity contribution in [1.29, 1.82) is 0 Å². The van der Waals surface area contributed by atoms with Crippen LogP contribution in [0, 0.1) is 0 Å². The first-order valence-electron chi connectivity index (χ1n) is 37.5. The molecule has 0 spiro atoms. The highest BCUT2D eigenvalue weighted by atomic mass is 31.2. The number of amides is 1. The maximum absolute atomic E-state index is 13.1. The van der Waals surface area contributed by atoms with Crippen molar-refractivity contribution in [2.75, 3.05) is 40.9 Å². The summed E-state index contributed by atoms with van der Waals surface area (Å²) in [4.78, 5) is 25.7. The Morgan fingerprint density at radius 3 is 1.03 bits per heavy atom. The number of carbonyl (C=O) groups is 1. The second-order valence-corrected chi connectivity index (χ2v) is 27.7. The molecule has 518 valence electrons. The van der Waals surface area contributed by atoms with Crippen LogP contribution >= 0.6 is 7.82 Å². The van der Waals surface area contributed by atoms with Gasteiger partial charge < -0.3 is 28.8 Å². The predicted molar refractivity (Wildman–Crippen MR) is 394 cm³/mol. The Morgan fingerprint density at radius 1 is 0.400 bits per heavy atom. The third-order valence-corrected chi connectivity index (χ3v) is 17.3. The fourth-order valence-electron chi connectivity index (χ4n) is 10.6. The lowest BCUT2D eigenvalue weighted by atomic mass is 10.0. The molecule has 0 radical (unpaired) electrons. The zero-order valence-electron chi connectivity index (χ0n) is 59.3. The molecule has 3 atom stereocenters. The predicted octanol–water partition coefficient (Wildman–Crippen LogP) is 23.9. The number of allylic oxidation sites excluding steroid dienone is 21. The van der Waals surface area contributed by atoms with Gasteiger partial charge in [0.25, 0.3) is 7.82 Å². The van der Waals surface area contributed by atoms with Crippen molar-refractivity contribution in [2.45, 2.75) is 334 Å². The van der Waals surface area contributed by atoms with Crippen LogP contribution < -0.4 is 10.2 Å². The summed E-state index contributed by atoms with van der Waals surface area (Å²) >= 11 is 0. The number of carbonyl (C=O) groups excluding carboxylic acids is 1. The van der Waals surface area contributed by atoms with Crippen LogP contribution in [0.5, 0.6) is 0 Å². The number of hydrogen-bond acceptors (Lipinski definition) is 6. The van der Waals surface area contributed by atoms with Gasteiger partial charge in [0.15, 0.2) is 0 Å². The van der Waals surface area contributed by atoms with E-state index in [1.807, 2.05) is 27.2 Å². The van der Waals surface area contributed by atoms with E-state index in [0.717, 1.165) is 96.3 Å². The Bertz CT molecular complexity index is 1930. The summed E-state index contributed by atoms with van der Waals surface area (Å²) in [7, 11) is 1.24. The molecule has 0 aromatic heterocycles. The Kier molecular flexibility index (Phi) is 67.4. The zero-order chi connectivity index (χ0) is 65.5. The normalized spacial score (nSPS) is 14.3. The maximum atomic E-state index is 13.1. The highest BCUT2D eigenvalue weighted by Crippen LogP contribution is 2.38. The van der Waals surface area contributed by atoms with E-state index in [-0.39, 0.29) is 12.5 Å². The lowest BCUT2D eigenvalue weighted by Crippen LogP contribution is -2.45. The number of aliphatic hydroxyl groups excluding tert-OH is 1. The van der Waals surface area contributed by atoms with Gasteiger partial charge in [-0.3, -0.25) is 9.36 Å². The van der Waals surface area contributed by atoms with Crippen LogP contribution in [0.4, 0.5) is 0 Å². The lowest BCUT2D eigenvalue weighted by molar-refractivity contribution is -0.870. The highest BCUT2D eigenvalue weighted by molar-refractivity contribution is 7.45. The average molecular weight is 1270 g/mol. The summed E-state index contributed by atoms with van der Waals surface area (Å²) < 4.78 is 23.5. The van der Waals surface area contributed by atoms with Crippen molar-refractivity contribution < 1.29 is 32.9 Å². The summed E-state index contributed by atoms with van der Waals surface area (Å²) in [6.45, 7) is 4.54. The van der Waals surface area contributed by atoms with Crippen molar-refractivity contribution in [3.05, 3.63) is 134 Å². The Balaban J connectivity index is 4.09.